The summed E-state index contributed by atoms with van der Waals surface area (Å²) in [6.45, 7) is 14.5. The third-order valence-corrected chi connectivity index (χ3v) is 13.2. The fraction of sp³-hybridized carbons (Fsp3) is 0.378. The molecule has 5 heterocycles. The topological polar surface area (TPSA) is 151 Å². The molecule has 1 N–H and O–H groups in total. The highest BCUT2D eigenvalue weighted by atomic mass is 35.5. The van der Waals surface area contributed by atoms with Crippen LogP contribution in [0.15, 0.2) is 87.2 Å². The van der Waals surface area contributed by atoms with Crippen LogP contribution in [0.5, 0.6) is 5.75 Å². The number of thioether (sulfide) groups is 1. The van der Waals surface area contributed by atoms with Crippen molar-refractivity contribution in [1.29, 1.82) is 0 Å². The van der Waals surface area contributed by atoms with E-state index in [1.54, 1.807) is 11.8 Å². The number of amides is 1. The minimum absolute atomic E-state index is 0.0192. The zero-order chi connectivity index (χ0) is 43.2. The molecular formula is C45H47Cl2N9O4S. The molecule has 3 aromatic carbocycles. The molecule has 3 aliphatic rings. The van der Waals surface area contributed by atoms with E-state index in [-0.39, 0.29) is 36.6 Å². The van der Waals surface area contributed by atoms with Gasteiger partial charge in [-0.3, -0.25) is 28.7 Å². The minimum atomic E-state index is -0.876. The monoisotopic (exact) mass is 879 g/mol. The third kappa shape index (κ3) is 8.62. The number of nitrogens with one attached hydrogen (secondary N) is 1. The molecule has 16 heteroatoms. The quantitative estimate of drug-likeness (QED) is 0.121. The van der Waals surface area contributed by atoms with Crippen molar-refractivity contribution in [2.24, 2.45) is 15.9 Å². The van der Waals surface area contributed by atoms with Crippen LogP contribution in [0.3, 0.4) is 0 Å². The van der Waals surface area contributed by atoms with Gasteiger partial charge in [0.2, 0.25) is 5.91 Å². The van der Waals surface area contributed by atoms with Gasteiger partial charge in [-0.15, -0.1) is 32.2 Å². The second-order valence-electron chi connectivity index (χ2n) is 16.1. The molecule has 8 rings (SSSR count). The molecule has 0 spiro atoms. The molecule has 0 saturated carbocycles. The van der Waals surface area contributed by atoms with Gasteiger partial charge >= 0.3 is 5.97 Å². The number of aliphatic imine (C=N–C) groups is 2. The molecule has 1 amide bonds. The number of aromatic nitrogens is 6. The molecule has 0 fully saturated rings. The number of fused-ring (bicyclic) bond motifs is 6. The predicted octanol–water partition coefficient (Wildman–Crippen LogP) is 9.08. The zero-order valence-corrected chi connectivity index (χ0v) is 37.4. The van der Waals surface area contributed by atoms with Crippen molar-refractivity contribution >= 4 is 58.3 Å². The fourth-order valence-electron chi connectivity index (χ4n) is 8.12. The van der Waals surface area contributed by atoms with Crippen LogP contribution in [-0.4, -0.2) is 71.6 Å². The van der Waals surface area contributed by atoms with Crippen LogP contribution in [0.1, 0.15) is 111 Å². The number of carbonyl (C=O) groups excluding carboxylic acids is 2. The maximum Gasteiger partial charge on any atom is 0.308 e. The number of benzene rings is 3. The maximum atomic E-state index is 13.9. The first-order valence-corrected chi connectivity index (χ1v) is 22.0. The number of rotatable bonds is 12. The van der Waals surface area contributed by atoms with Crippen LogP contribution in [0.25, 0.3) is 5.69 Å². The summed E-state index contributed by atoms with van der Waals surface area (Å²) in [6, 6.07) is 19.7. The zero-order valence-electron chi connectivity index (χ0n) is 35.1. The summed E-state index contributed by atoms with van der Waals surface area (Å²) in [7, 11) is 0. The standard InChI is InChI=1S/C45H47Cl2N9O4S/c1-8-48-37(57)22-34-42-53-51-26(4)55(42)36-18-17-32(21-33(36)40(49-34)28-9-13-30(46)14-10-28)59-20-19-45(6,7)60-38(58)23-35-43-54-52-27(5)56(43)44-39(24(2)25(3)61-44)41(50-35)29-11-15-31(47)16-12-29/h9-18,21,34-35,39,44H,8,19-20,22-23H2,1-7H3,(H,48,57)/t34-,35-,39?,44?/m0/s1. The molecule has 2 aromatic heterocycles. The summed E-state index contributed by atoms with van der Waals surface area (Å²) < 4.78 is 16.6. The van der Waals surface area contributed by atoms with Crippen molar-refractivity contribution < 1.29 is 19.1 Å². The largest absolute Gasteiger partial charge is 0.493 e. The summed E-state index contributed by atoms with van der Waals surface area (Å²) in [5.74, 6) is 2.66. The van der Waals surface area contributed by atoms with Gasteiger partial charge < -0.3 is 14.8 Å². The molecule has 2 unspecified atom stereocenters. The Morgan fingerprint density at radius 2 is 1.48 bits per heavy atom. The molecule has 0 bridgehead atoms. The summed E-state index contributed by atoms with van der Waals surface area (Å²) in [6.07, 6.45) is 0.483. The first-order valence-electron chi connectivity index (χ1n) is 20.3. The molecule has 5 aromatic rings. The normalized spacial score (nSPS) is 19.4. The van der Waals surface area contributed by atoms with Crippen LogP contribution in [0.4, 0.5) is 0 Å². The predicted molar refractivity (Wildman–Crippen MR) is 238 cm³/mol. The number of esters is 1. The lowest BCUT2D eigenvalue weighted by Crippen LogP contribution is -2.31. The number of ether oxygens (including phenoxy) is 2. The average Bonchev–Trinajstić information content (AvgIpc) is 3.82. The molecule has 3 aliphatic heterocycles. The van der Waals surface area contributed by atoms with Gasteiger partial charge in [0, 0.05) is 34.1 Å². The molecule has 4 atom stereocenters. The Hall–Kier alpha value is -5.31. The van der Waals surface area contributed by atoms with Crippen LogP contribution >= 0.6 is 35.0 Å². The summed E-state index contributed by atoms with van der Waals surface area (Å²) in [5, 5.41) is 21.9. The Kier molecular flexibility index (Phi) is 12.0. The van der Waals surface area contributed by atoms with Crippen molar-refractivity contribution in [2.75, 3.05) is 13.2 Å². The molecule has 0 radical (unpaired) electrons. The Balaban J connectivity index is 1.02. The third-order valence-electron chi connectivity index (χ3n) is 11.3. The van der Waals surface area contributed by atoms with E-state index < -0.39 is 23.7 Å². The average molecular weight is 881 g/mol. The highest BCUT2D eigenvalue weighted by Crippen LogP contribution is 2.53. The smallest absolute Gasteiger partial charge is 0.308 e. The van der Waals surface area contributed by atoms with E-state index in [2.05, 4.69) is 44.1 Å². The number of halogens is 2. The van der Waals surface area contributed by atoms with Gasteiger partial charge in [-0.2, -0.15) is 0 Å². The van der Waals surface area contributed by atoms with Gasteiger partial charge in [-0.1, -0.05) is 53.0 Å². The fourth-order valence-corrected chi connectivity index (χ4v) is 9.88. The minimum Gasteiger partial charge on any atom is -0.493 e. The summed E-state index contributed by atoms with van der Waals surface area (Å²) in [4.78, 5) is 38.4. The first-order chi connectivity index (χ1) is 29.2. The summed E-state index contributed by atoms with van der Waals surface area (Å²) >= 11 is 14.4. The molecule has 13 nitrogen and oxygen atoms in total. The Bertz CT molecular complexity index is 2600. The van der Waals surface area contributed by atoms with Gasteiger partial charge in [-0.05, 0) is 101 Å². The second kappa shape index (κ2) is 17.2. The van der Waals surface area contributed by atoms with E-state index in [4.69, 9.17) is 42.7 Å². The van der Waals surface area contributed by atoms with E-state index in [9.17, 15) is 9.59 Å². The molecule has 0 saturated heterocycles. The number of hydrogen-bond acceptors (Lipinski definition) is 11. The van der Waals surface area contributed by atoms with E-state index in [0.717, 1.165) is 33.9 Å². The van der Waals surface area contributed by atoms with Gasteiger partial charge in [0.1, 0.15) is 35.1 Å². The summed E-state index contributed by atoms with van der Waals surface area (Å²) in [5.41, 5.74) is 5.26. The second-order valence-corrected chi connectivity index (χ2v) is 18.3. The van der Waals surface area contributed by atoms with Crippen molar-refractivity contribution in [3.8, 4) is 11.4 Å². The van der Waals surface area contributed by atoms with Crippen LogP contribution in [0, 0.1) is 19.8 Å². The SMILES string of the molecule is CCNC(=O)C[C@@H]1N=C(c2ccc(Cl)cc2)c2cc(OCCC(C)(C)OC(=O)C[C@@H]3N=C(c4ccc(Cl)cc4)C4C(C)=C(C)SC4n4c(C)nnc43)ccc2-n2c(C)nnc21. The Morgan fingerprint density at radius 3 is 2.18 bits per heavy atom. The lowest BCUT2D eigenvalue weighted by Gasteiger charge is -2.26. The van der Waals surface area contributed by atoms with E-state index in [1.165, 1.54) is 10.5 Å². The van der Waals surface area contributed by atoms with Gasteiger partial charge in [-0.25, -0.2) is 0 Å². The first kappa shape index (κ1) is 42.4. The molecule has 316 valence electrons. The number of aryl methyl sites for hydroxylation is 2. The maximum absolute atomic E-state index is 13.9. The van der Waals surface area contributed by atoms with Gasteiger partial charge in [0.15, 0.2) is 11.6 Å². The molecule has 0 aliphatic carbocycles. The van der Waals surface area contributed by atoms with Crippen LogP contribution in [0.2, 0.25) is 10.0 Å². The Morgan fingerprint density at radius 1 is 0.820 bits per heavy atom. The molecular weight excluding hydrogens is 834 g/mol. The van der Waals surface area contributed by atoms with Crippen molar-refractivity contribution in [3.05, 3.63) is 127 Å². The van der Waals surface area contributed by atoms with E-state index in [0.29, 0.717) is 51.9 Å². The lowest BCUT2D eigenvalue weighted by atomic mass is 9.90. The van der Waals surface area contributed by atoms with Crippen molar-refractivity contribution in [1.82, 2.24) is 34.8 Å². The van der Waals surface area contributed by atoms with Crippen molar-refractivity contribution in [3.63, 3.8) is 0 Å². The lowest BCUT2D eigenvalue weighted by molar-refractivity contribution is -0.158. The van der Waals surface area contributed by atoms with Crippen LogP contribution in [-0.2, 0) is 14.3 Å². The highest BCUT2D eigenvalue weighted by Gasteiger charge is 2.43. The van der Waals surface area contributed by atoms with E-state index >= 15 is 0 Å². The van der Waals surface area contributed by atoms with Crippen molar-refractivity contribution in [2.45, 2.75) is 90.8 Å². The van der Waals surface area contributed by atoms with Gasteiger partial charge in [0.05, 0.1) is 47.9 Å². The molecule has 61 heavy (non-hydrogen) atoms. The van der Waals surface area contributed by atoms with Crippen LogP contribution < -0.4 is 10.1 Å². The van der Waals surface area contributed by atoms with Gasteiger partial charge in [0.25, 0.3) is 0 Å². The number of hydrogen-bond donors (Lipinski definition) is 1. The van der Waals surface area contributed by atoms with E-state index in [1.807, 2.05) is 106 Å². The highest BCUT2D eigenvalue weighted by molar-refractivity contribution is 8.03. The number of allylic oxidation sites excluding steroid dienone is 2. The number of carbonyl (C=O) groups is 2. The Labute approximate surface area is 369 Å². The number of nitrogens with zero attached hydrogens (tertiary/aromatic N) is 8.